The van der Waals surface area contributed by atoms with Crippen LogP contribution in [0.4, 0.5) is 5.82 Å². The number of aromatic nitrogens is 2. The van der Waals surface area contributed by atoms with Crippen molar-refractivity contribution in [1.29, 1.82) is 0 Å². The lowest BCUT2D eigenvalue weighted by Crippen LogP contribution is -2.31. The Bertz CT molecular complexity index is 765. The summed E-state index contributed by atoms with van der Waals surface area (Å²) in [4.78, 5) is 2.57. The average Bonchev–Trinajstić information content (AvgIpc) is 2.83. The van der Waals surface area contributed by atoms with Gasteiger partial charge in [-0.2, -0.15) is 5.10 Å². The van der Waals surface area contributed by atoms with Crippen LogP contribution in [0.25, 0.3) is 5.69 Å². The number of benzene rings is 1. The largest absolute Gasteiger partial charge is 0.370 e. The van der Waals surface area contributed by atoms with Crippen LogP contribution < -0.4 is 5.32 Å². The normalized spacial score (nSPS) is 18.2. The molecule has 2 aromatic rings. The van der Waals surface area contributed by atoms with Gasteiger partial charge in [-0.3, -0.25) is 0 Å². The molecule has 140 valence electrons. The highest BCUT2D eigenvalue weighted by atomic mass is 35.5. The molecule has 0 radical (unpaired) electrons. The molecule has 0 saturated carbocycles. The lowest BCUT2D eigenvalue weighted by Gasteiger charge is -2.26. The number of rotatable bonds is 4. The van der Waals surface area contributed by atoms with Crippen molar-refractivity contribution in [1.82, 2.24) is 14.7 Å². The van der Waals surface area contributed by atoms with Gasteiger partial charge in [0, 0.05) is 25.1 Å². The zero-order valence-electron chi connectivity index (χ0n) is 15.1. The summed E-state index contributed by atoms with van der Waals surface area (Å²) in [5.41, 5.74) is 3.42. The van der Waals surface area contributed by atoms with Crippen molar-refractivity contribution in [2.24, 2.45) is 0 Å². The van der Waals surface area contributed by atoms with Crippen LogP contribution >= 0.6 is 23.2 Å². The summed E-state index contributed by atoms with van der Waals surface area (Å²) >= 11 is 12.7. The minimum atomic E-state index is 0.563. The third kappa shape index (κ3) is 3.73. The first-order valence-electron chi connectivity index (χ1n) is 9.75. The average molecular weight is 393 g/mol. The Labute approximate surface area is 165 Å². The van der Waals surface area contributed by atoms with E-state index in [2.05, 4.69) is 10.2 Å². The van der Waals surface area contributed by atoms with E-state index in [0.29, 0.717) is 10.0 Å². The summed E-state index contributed by atoms with van der Waals surface area (Å²) in [6.45, 7) is 4.51. The standard InChI is InChI=1S/C20H26Cl2N4/c21-16-8-6-9-18(19(16)22)26-20-15(7-2-3-11-23-20)17(24-26)10-14-25-12-4-1-5-13-25/h6,8-9,23H,1-5,7,10-14H2. The van der Waals surface area contributed by atoms with Gasteiger partial charge in [0.1, 0.15) is 5.82 Å². The van der Waals surface area contributed by atoms with E-state index >= 15 is 0 Å². The predicted octanol–water partition coefficient (Wildman–Crippen LogP) is 4.96. The maximum Gasteiger partial charge on any atom is 0.133 e. The molecule has 26 heavy (non-hydrogen) atoms. The van der Waals surface area contributed by atoms with Crippen molar-refractivity contribution in [2.45, 2.75) is 44.9 Å². The monoisotopic (exact) mass is 392 g/mol. The van der Waals surface area contributed by atoms with Crippen molar-refractivity contribution in [2.75, 3.05) is 31.5 Å². The number of nitrogens with zero attached hydrogens (tertiary/aromatic N) is 3. The van der Waals surface area contributed by atoms with Gasteiger partial charge < -0.3 is 10.2 Å². The van der Waals surface area contributed by atoms with Crippen molar-refractivity contribution in [3.05, 3.63) is 39.5 Å². The Morgan fingerprint density at radius 1 is 1.04 bits per heavy atom. The number of hydrogen-bond donors (Lipinski definition) is 1. The predicted molar refractivity (Wildman–Crippen MR) is 109 cm³/mol. The van der Waals surface area contributed by atoms with Gasteiger partial charge in [-0.1, -0.05) is 35.7 Å². The third-order valence-corrected chi connectivity index (χ3v) is 6.29. The smallest absolute Gasteiger partial charge is 0.133 e. The number of likely N-dealkylation sites (tertiary alicyclic amines) is 1. The molecule has 2 aliphatic heterocycles. The molecule has 1 aromatic heterocycles. The molecular formula is C20H26Cl2N4. The summed E-state index contributed by atoms with van der Waals surface area (Å²) in [7, 11) is 0. The summed E-state index contributed by atoms with van der Waals surface area (Å²) in [6.07, 6.45) is 8.48. The summed E-state index contributed by atoms with van der Waals surface area (Å²) in [6, 6.07) is 5.74. The number of halogens is 2. The van der Waals surface area contributed by atoms with Crippen LogP contribution in [0.3, 0.4) is 0 Å². The third-order valence-electron chi connectivity index (χ3n) is 5.49. The first-order valence-corrected chi connectivity index (χ1v) is 10.5. The van der Waals surface area contributed by atoms with Crippen molar-refractivity contribution in [3.8, 4) is 5.69 Å². The molecule has 1 aromatic carbocycles. The molecule has 2 aliphatic rings. The zero-order valence-corrected chi connectivity index (χ0v) is 16.6. The Hall–Kier alpha value is -1.23. The lowest BCUT2D eigenvalue weighted by atomic mass is 10.1. The molecule has 0 spiro atoms. The van der Waals surface area contributed by atoms with Crippen molar-refractivity contribution in [3.63, 3.8) is 0 Å². The van der Waals surface area contributed by atoms with Gasteiger partial charge in [0.15, 0.2) is 0 Å². The van der Waals surface area contributed by atoms with E-state index in [0.717, 1.165) is 37.4 Å². The lowest BCUT2D eigenvalue weighted by molar-refractivity contribution is 0.230. The number of hydrogen-bond acceptors (Lipinski definition) is 3. The maximum atomic E-state index is 6.49. The fourth-order valence-electron chi connectivity index (χ4n) is 4.05. The second-order valence-corrected chi connectivity index (χ2v) is 8.08. The molecule has 6 heteroatoms. The van der Waals surface area contributed by atoms with E-state index in [1.807, 2.05) is 22.9 Å². The molecule has 0 aliphatic carbocycles. The van der Waals surface area contributed by atoms with Crippen LogP contribution in [-0.2, 0) is 12.8 Å². The fraction of sp³-hybridized carbons (Fsp3) is 0.550. The van der Waals surface area contributed by atoms with E-state index in [9.17, 15) is 0 Å². The molecule has 0 unspecified atom stereocenters. The Morgan fingerprint density at radius 2 is 1.88 bits per heavy atom. The molecule has 1 saturated heterocycles. The Morgan fingerprint density at radius 3 is 2.73 bits per heavy atom. The highest BCUT2D eigenvalue weighted by Gasteiger charge is 2.22. The summed E-state index contributed by atoms with van der Waals surface area (Å²) in [5.74, 6) is 1.10. The first-order chi connectivity index (χ1) is 12.7. The van der Waals surface area contributed by atoms with E-state index in [1.54, 1.807) is 0 Å². The molecule has 0 atom stereocenters. The van der Waals surface area contributed by atoms with Gasteiger partial charge in [0.2, 0.25) is 0 Å². The highest BCUT2D eigenvalue weighted by Crippen LogP contribution is 2.34. The summed E-state index contributed by atoms with van der Waals surface area (Å²) < 4.78 is 1.97. The molecular weight excluding hydrogens is 367 g/mol. The van der Waals surface area contributed by atoms with Crippen molar-refractivity contribution >= 4 is 29.0 Å². The van der Waals surface area contributed by atoms with Gasteiger partial charge >= 0.3 is 0 Å². The van der Waals surface area contributed by atoms with Crippen LogP contribution in [0.1, 0.15) is 43.4 Å². The zero-order chi connectivity index (χ0) is 17.9. The quantitative estimate of drug-likeness (QED) is 0.798. The number of anilines is 1. The van der Waals surface area contributed by atoms with E-state index in [4.69, 9.17) is 28.3 Å². The number of nitrogens with one attached hydrogen (secondary N) is 1. The van der Waals surface area contributed by atoms with Gasteiger partial charge in [-0.05, 0) is 57.3 Å². The SMILES string of the molecule is Clc1cccc(-n2nc(CCN3CCCCC3)c3c2NCCCC3)c1Cl. The topological polar surface area (TPSA) is 33.1 Å². The van der Waals surface area contributed by atoms with Gasteiger partial charge in [0.05, 0.1) is 21.4 Å². The number of fused-ring (bicyclic) bond motifs is 1. The van der Waals surface area contributed by atoms with Gasteiger partial charge in [0.25, 0.3) is 0 Å². The Balaban J connectivity index is 1.66. The molecule has 4 nitrogen and oxygen atoms in total. The highest BCUT2D eigenvalue weighted by molar-refractivity contribution is 6.43. The van der Waals surface area contributed by atoms with Crippen LogP contribution in [-0.4, -0.2) is 40.9 Å². The molecule has 0 bridgehead atoms. The van der Waals surface area contributed by atoms with Crippen LogP contribution in [0.15, 0.2) is 18.2 Å². The Kier molecular flexibility index (Phi) is 5.72. The minimum Gasteiger partial charge on any atom is -0.370 e. The summed E-state index contributed by atoms with van der Waals surface area (Å²) in [5, 5.41) is 9.69. The fourth-order valence-corrected chi connectivity index (χ4v) is 4.43. The van der Waals surface area contributed by atoms with Gasteiger partial charge in [-0.25, -0.2) is 4.68 Å². The van der Waals surface area contributed by atoms with Gasteiger partial charge in [-0.15, -0.1) is 0 Å². The second-order valence-electron chi connectivity index (χ2n) is 7.29. The molecule has 1 N–H and O–H groups in total. The molecule has 0 amide bonds. The first kappa shape index (κ1) is 18.1. The molecule has 4 rings (SSSR count). The molecule has 3 heterocycles. The van der Waals surface area contributed by atoms with Crippen LogP contribution in [0.2, 0.25) is 10.0 Å². The molecule has 1 fully saturated rings. The second kappa shape index (κ2) is 8.20. The van der Waals surface area contributed by atoms with E-state index in [1.165, 1.54) is 56.5 Å². The minimum absolute atomic E-state index is 0.563. The van der Waals surface area contributed by atoms with E-state index in [-0.39, 0.29) is 0 Å². The maximum absolute atomic E-state index is 6.49. The van der Waals surface area contributed by atoms with Crippen LogP contribution in [0.5, 0.6) is 0 Å². The number of piperidine rings is 1. The van der Waals surface area contributed by atoms with Crippen LogP contribution in [0, 0.1) is 0 Å². The van der Waals surface area contributed by atoms with Crippen molar-refractivity contribution < 1.29 is 0 Å². The van der Waals surface area contributed by atoms with E-state index < -0.39 is 0 Å².